The van der Waals surface area contributed by atoms with Crippen LogP contribution in [0.2, 0.25) is 0 Å². The van der Waals surface area contributed by atoms with Crippen LogP contribution in [0.1, 0.15) is 29.4 Å². The highest BCUT2D eigenvalue weighted by Crippen LogP contribution is 2.33. The van der Waals surface area contributed by atoms with E-state index in [1.807, 2.05) is 67.3 Å². The van der Waals surface area contributed by atoms with Gasteiger partial charge in [0.15, 0.2) is 0 Å². The van der Waals surface area contributed by atoms with E-state index in [0.717, 1.165) is 22.4 Å². The van der Waals surface area contributed by atoms with Crippen LogP contribution in [0.15, 0.2) is 53.1 Å². The van der Waals surface area contributed by atoms with E-state index >= 15 is 0 Å². The van der Waals surface area contributed by atoms with Gasteiger partial charge in [-0.1, -0.05) is 47.1 Å². The van der Waals surface area contributed by atoms with Gasteiger partial charge < -0.3 is 9.42 Å². The third kappa shape index (κ3) is 2.93. The van der Waals surface area contributed by atoms with Gasteiger partial charge in [-0.05, 0) is 31.5 Å². The minimum absolute atomic E-state index is 0.0711. The predicted octanol–water partition coefficient (Wildman–Crippen LogP) is 3.87. The Morgan fingerprint density at radius 3 is 2.76 bits per heavy atom. The molecule has 0 saturated carbocycles. The zero-order valence-corrected chi connectivity index (χ0v) is 14.3. The van der Waals surface area contributed by atoms with Crippen molar-refractivity contribution in [1.29, 1.82) is 0 Å². The monoisotopic (exact) mass is 333 g/mol. The van der Waals surface area contributed by atoms with Crippen molar-refractivity contribution in [3.63, 3.8) is 0 Å². The van der Waals surface area contributed by atoms with Crippen LogP contribution in [0, 0.1) is 13.8 Å². The lowest BCUT2D eigenvalue weighted by Gasteiger charge is -2.18. The third-order valence-corrected chi connectivity index (χ3v) is 4.60. The van der Waals surface area contributed by atoms with Gasteiger partial charge in [0.25, 0.3) is 0 Å². The lowest BCUT2D eigenvalue weighted by atomic mass is 10.1. The molecule has 3 aromatic rings. The third-order valence-electron chi connectivity index (χ3n) is 4.60. The molecule has 5 heteroatoms. The molecule has 1 unspecified atom stereocenters. The van der Waals surface area contributed by atoms with Gasteiger partial charge in [-0.3, -0.25) is 4.79 Å². The number of anilines is 1. The van der Waals surface area contributed by atoms with Crippen LogP contribution < -0.4 is 4.90 Å². The summed E-state index contributed by atoms with van der Waals surface area (Å²) in [7, 11) is 0. The fourth-order valence-electron chi connectivity index (χ4n) is 3.27. The van der Waals surface area contributed by atoms with Gasteiger partial charge in [-0.25, -0.2) is 0 Å². The van der Waals surface area contributed by atoms with E-state index in [4.69, 9.17) is 4.52 Å². The summed E-state index contributed by atoms with van der Waals surface area (Å²) >= 11 is 0. The Morgan fingerprint density at radius 2 is 1.96 bits per heavy atom. The minimum atomic E-state index is -0.0711. The lowest BCUT2D eigenvalue weighted by Crippen LogP contribution is -2.25. The summed E-state index contributed by atoms with van der Waals surface area (Å²) in [5.41, 5.74) is 4.11. The number of benzene rings is 2. The van der Waals surface area contributed by atoms with Gasteiger partial charge in [0, 0.05) is 24.2 Å². The van der Waals surface area contributed by atoms with Crippen LogP contribution >= 0.6 is 0 Å². The summed E-state index contributed by atoms with van der Waals surface area (Å²) in [5.74, 6) is 1.12. The lowest BCUT2D eigenvalue weighted by molar-refractivity contribution is -0.117. The molecule has 25 heavy (non-hydrogen) atoms. The molecule has 4 rings (SSSR count). The molecule has 1 fully saturated rings. The fourth-order valence-corrected chi connectivity index (χ4v) is 3.27. The van der Waals surface area contributed by atoms with E-state index in [-0.39, 0.29) is 11.8 Å². The number of hydrogen-bond acceptors (Lipinski definition) is 4. The predicted molar refractivity (Wildman–Crippen MR) is 95.4 cm³/mol. The van der Waals surface area contributed by atoms with Crippen LogP contribution in [0.4, 0.5) is 5.69 Å². The van der Waals surface area contributed by atoms with Crippen molar-refractivity contribution in [1.82, 2.24) is 10.1 Å². The molecule has 1 atom stereocenters. The molecule has 0 bridgehead atoms. The van der Waals surface area contributed by atoms with E-state index in [1.165, 1.54) is 0 Å². The fraction of sp³-hybridized carbons (Fsp3) is 0.250. The Hall–Kier alpha value is -2.95. The van der Waals surface area contributed by atoms with Crippen molar-refractivity contribution in [2.45, 2.75) is 26.2 Å². The second-order valence-electron chi connectivity index (χ2n) is 6.52. The zero-order valence-electron chi connectivity index (χ0n) is 14.3. The Morgan fingerprint density at radius 1 is 1.12 bits per heavy atom. The summed E-state index contributed by atoms with van der Waals surface area (Å²) in [4.78, 5) is 18.8. The Labute approximate surface area is 146 Å². The van der Waals surface area contributed by atoms with Crippen LogP contribution in [-0.4, -0.2) is 22.6 Å². The first-order chi connectivity index (χ1) is 12.1. The average Bonchev–Trinajstić information content (AvgIpc) is 3.22. The second kappa shape index (κ2) is 6.16. The van der Waals surface area contributed by atoms with E-state index in [9.17, 15) is 4.79 Å². The smallest absolute Gasteiger partial charge is 0.232 e. The van der Waals surface area contributed by atoms with Crippen molar-refractivity contribution in [2.75, 3.05) is 11.4 Å². The molecule has 126 valence electrons. The first-order valence-electron chi connectivity index (χ1n) is 8.38. The molecule has 2 aromatic carbocycles. The molecule has 0 spiro atoms. The zero-order chi connectivity index (χ0) is 17.4. The molecule has 1 aromatic heterocycles. The molecular weight excluding hydrogens is 314 g/mol. The number of amides is 1. The van der Waals surface area contributed by atoms with Crippen LogP contribution in [0.5, 0.6) is 0 Å². The standard InChI is InChI=1S/C20H19N3O2/c1-13-6-5-8-15(10-13)19-21-20(25-22-19)16-11-18(24)23(12-16)17-9-4-3-7-14(17)2/h3-10,16H,11-12H2,1-2H3. The van der Waals surface area contributed by atoms with Gasteiger partial charge in [-0.15, -0.1) is 0 Å². The summed E-state index contributed by atoms with van der Waals surface area (Å²) < 4.78 is 5.47. The quantitative estimate of drug-likeness (QED) is 0.730. The van der Waals surface area contributed by atoms with Crippen molar-refractivity contribution >= 4 is 11.6 Å². The van der Waals surface area contributed by atoms with Gasteiger partial charge in [0.2, 0.25) is 17.6 Å². The molecular formula is C20H19N3O2. The van der Waals surface area contributed by atoms with Crippen molar-refractivity contribution in [2.24, 2.45) is 0 Å². The Balaban J connectivity index is 1.58. The number of para-hydroxylation sites is 1. The van der Waals surface area contributed by atoms with Gasteiger partial charge in [0.1, 0.15) is 0 Å². The maximum Gasteiger partial charge on any atom is 0.232 e. The Kier molecular flexibility index (Phi) is 3.84. The topological polar surface area (TPSA) is 59.2 Å². The summed E-state index contributed by atoms with van der Waals surface area (Å²) in [6, 6.07) is 15.9. The molecule has 0 aliphatic carbocycles. The Bertz CT molecular complexity index is 932. The SMILES string of the molecule is Cc1cccc(-c2noc(C3CC(=O)N(c4ccccc4C)C3)n2)c1. The maximum atomic E-state index is 12.5. The summed E-state index contributed by atoms with van der Waals surface area (Å²) in [6.07, 6.45) is 0.393. The number of carbonyl (C=O) groups excluding carboxylic acids is 1. The van der Waals surface area contributed by atoms with E-state index in [1.54, 1.807) is 0 Å². The van der Waals surface area contributed by atoms with Gasteiger partial charge >= 0.3 is 0 Å². The summed E-state index contributed by atoms with van der Waals surface area (Å²) in [6.45, 7) is 4.61. The molecule has 1 aliphatic rings. The molecule has 0 N–H and O–H groups in total. The molecule has 5 nitrogen and oxygen atoms in total. The normalized spacial score (nSPS) is 17.3. The number of aromatic nitrogens is 2. The number of rotatable bonds is 3. The van der Waals surface area contributed by atoms with Crippen LogP contribution in [0.3, 0.4) is 0 Å². The highest BCUT2D eigenvalue weighted by atomic mass is 16.5. The first-order valence-corrected chi connectivity index (χ1v) is 8.38. The largest absolute Gasteiger partial charge is 0.339 e. The van der Waals surface area contributed by atoms with E-state index < -0.39 is 0 Å². The second-order valence-corrected chi connectivity index (χ2v) is 6.52. The molecule has 2 heterocycles. The molecule has 1 saturated heterocycles. The number of aryl methyl sites for hydroxylation is 2. The minimum Gasteiger partial charge on any atom is -0.339 e. The van der Waals surface area contributed by atoms with E-state index in [2.05, 4.69) is 10.1 Å². The van der Waals surface area contributed by atoms with Crippen molar-refractivity contribution in [3.05, 3.63) is 65.5 Å². The number of nitrogens with zero attached hydrogens (tertiary/aromatic N) is 3. The number of carbonyl (C=O) groups is 1. The van der Waals surface area contributed by atoms with Gasteiger partial charge in [-0.2, -0.15) is 4.98 Å². The molecule has 1 amide bonds. The number of hydrogen-bond donors (Lipinski definition) is 0. The van der Waals surface area contributed by atoms with Crippen molar-refractivity contribution in [3.8, 4) is 11.4 Å². The van der Waals surface area contributed by atoms with Crippen LogP contribution in [-0.2, 0) is 4.79 Å². The highest BCUT2D eigenvalue weighted by molar-refractivity contribution is 5.97. The molecule has 1 aliphatic heterocycles. The first kappa shape index (κ1) is 15.6. The van der Waals surface area contributed by atoms with E-state index in [0.29, 0.717) is 24.7 Å². The van der Waals surface area contributed by atoms with Gasteiger partial charge in [0.05, 0.1) is 5.92 Å². The average molecular weight is 333 g/mol. The highest BCUT2D eigenvalue weighted by Gasteiger charge is 2.35. The van der Waals surface area contributed by atoms with Crippen molar-refractivity contribution < 1.29 is 9.32 Å². The molecule has 0 radical (unpaired) electrons. The summed E-state index contributed by atoms with van der Waals surface area (Å²) in [5, 5.41) is 4.10. The maximum absolute atomic E-state index is 12.5. The van der Waals surface area contributed by atoms with Crippen LogP contribution in [0.25, 0.3) is 11.4 Å².